The van der Waals surface area contributed by atoms with E-state index < -0.39 is 5.92 Å². The molecule has 1 rings (SSSR count). The van der Waals surface area contributed by atoms with Crippen molar-refractivity contribution < 1.29 is 4.79 Å². The predicted molar refractivity (Wildman–Crippen MR) is 54.3 cm³/mol. The molecule has 0 aromatic heterocycles. The van der Waals surface area contributed by atoms with Gasteiger partial charge in [0.1, 0.15) is 5.92 Å². The summed E-state index contributed by atoms with van der Waals surface area (Å²) >= 11 is 0. The van der Waals surface area contributed by atoms with Crippen molar-refractivity contribution in [3.8, 4) is 6.07 Å². The molecule has 3 heteroatoms. The van der Waals surface area contributed by atoms with Crippen molar-refractivity contribution in [3.05, 3.63) is 0 Å². The number of hydrogen-bond donors (Lipinski definition) is 1. The van der Waals surface area contributed by atoms with Crippen LogP contribution in [0.5, 0.6) is 0 Å². The lowest BCUT2D eigenvalue weighted by Crippen LogP contribution is -2.43. The Morgan fingerprint density at radius 2 is 2.14 bits per heavy atom. The first kappa shape index (κ1) is 11.0. The summed E-state index contributed by atoms with van der Waals surface area (Å²) in [6, 6.07) is 2.24. The van der Waals surface area contributed by atoms with Gasteiger partial charge in [-0.05, 0) is 25.7 Å². The zero-order valence-electron chi connectivity index (χ0n) is 8.92. The molecule has 1 aliphatic carbocycles. The highest BCUT2D eigenvalue weighted by atomic mass is 16.1. The molecule has 3 atom stereocenters. The van der Waals surface area contributed by atoms with E-state index in [4.69, 9.17) is 5.26 Å². The van der Waals surface area contributed by atoms with Gasteiger partial charge in [-0.15, -0.1) is 0 Å². The number of carbonyl (C=O) groups is 1. The van der Waals surface area contributed by atoms with Gasteiger partial charge in [0.2, 0.25) is 5.91 Å². The fourth-order valence-corrected chi connectivity index (χ4v) is 1.90. The molecule has 0 heterocycles. The molecule has 0 aliphatic heterocycles. The molecule has 78 valence electrons. The number of nitrogens with zero attached hydrogens (tertiary/aromatic N) is 1. The lowest BCUT2D eigenvalue weighted by atomic mass is 9.85. The summed E-state index contributed by atoms with van der Waals surface area (Å²) in [5, 5.41) is 11.5. The van der Waals surface area contributed by atoms with Crippen molar-refractivity contribution in [2.45, 2.75) is 45.6 Å². The number of nitrogens with one attached hydrogen (secondary N) is 1. The molecule has 3 unspecified atom stereocenters. The summed E-state index contributed by atoms with van der Waals surface area (Å²) in [6.07, 6.45) is 4.70. The molecule has 1 saturated carbocycles. The molecular formula is C11H18N2O. The zero-order valence-corrected chi connectivity index (χ0v) is 8.92. The third kappa shape index (κ3) is 2.73. The van der Waals surface area contributed by atoms with Crippen LogP contribution in [0.25, 0.3) is 0 Å². The van der Waals surface area contributed by atoms with Gasteiger partial charge in [-0.3, -0.25) is 4.79 Å². The molecule has 14 heavy (non-hydrogen) atoms. The Labute approximate surface area is 85.5 Å². The SMILES string of the molecule is CC(C#N)C(=O)NC1CCCCC1C. The minimum absolute atomic E-state index is 0.119. The van der Waals surface area contributed by atoms with Crippen LogP contribution in [0.1, 0.15) is 39.5 Å². The second-order valence-electron chi connectivity index (χ2n) is 4.23. The van der Waals surface area contributed by atoms with Crippen molar-refractivity contribution >= 4 is 5.91 Å². The summed E-state index contributed by atoms with van der Waals surface area (Å²) in [5.74, 6) is -0.0889. The van der Waals surface area contributed by atoms with Gasteiger partial charge in [-0.1, -0.05) is 19.8 Å². The van der Waals surface area contributed by atoms with E-state index in [1.807, 2.05) is 6.07 Å². The topological polar surface area (TPSA) is 52.9 Å². The average Bonchev–Trinajstić information content (AvgIpc) is 2.20. The molecule has 0 saturated heterocycles. The van der Waals surface area contributed by atoms with Crippen LogP contribution in [-0.2, 0) is 4.79 Å². The number of nitriles is 1. The van der Waals surface area contributed by atoms with Crippen molar-refractivity contribution in [3.63, 3.8) is 0 Å². The lowest BCUT2D eigenvalue weighted by molar-refractivity contribution is -0.124. The van der Waals surface area contributed by atoms with Gasteiger partial charge in [0.15, 0.2) is 0 Å². The summed E-state index contributed by atoms with van der Waals surface area (Å²) < 4.78 is 0. The molecule has 0 spiro atoms. The molecular weight excluding hydrogens is 176 g/mol. The van der Waals surface area contributed by atoms with E-state index in [1.165, 1.54) is 19.3 Å². The minimum Gasteiger partial charge on any atom is -0.352 e. The predicted octanol–water partition coefficient (Wildman–Crippen LogP) is 1.84. The molecule has 3 nitrogen and oxygen atoms in total. The lowest BCUT2D eigenvalue weighted by Gasteiger charge is -2.29. The number of carbonyl (C=O) groups excluding carboxylic acids is 1. The molecule has 0 bridgehead atoms. The Balaban J connectivity index is 2.43. The Morgan fingerprint density at radius 3 is 2.71 bits per heavy atom. The van der Waals surface area contributed by atoms with E-state index in [-0.39, 0.29) is 11.9 Å². The monoisotopic (exact) mass is 194 g/mol. The quantitative estimate of drug-likeness (QED) is 0.729. The average molecular weight is 194 g/mol. The summed E-state index contributed by atoms with van der Waals surface area (Å²) in [6.45, 7) is 3.81. The largest absolute Gasteiger partial charge is 0.352 e. The fourth-order valence-electron chi connectivity index (χ4n) is 1.90. The van der Waals surface area contributed by atoms with E-state index >= 15 is 0 Å². The van der Waals surface area contributed by atoms with Crippen LogP contribution in [0, 0.1) is 23.2 Å². The van der Waals surface area contributed by atoms with Crippen molar-refractivity contribution in [2.24, 2.45) is 11.8 Å². The van der Waals surface area contributed by atoms with Crippen LogP contribution in [-0.4, -0.2) is 11.9 Å². The maximum absolute atomic E-state index is 11.5. The number of rotatable bonds is 2. The highest BCUT2D eigenvalue weighted by Crippen LogP contribution is 2.23. The van der Waals surface area contributed by atoms with E-state index in [9.17, 15) is 4.79 Å². The van der Waals surface area contributed by atoms with Gasteiger partial charge in [0.25, 0.3) is 0 Å². The Bertz CT molecular complexity index is 244. The Kier molecular flexibility index (Phi) is 3.94. The molecule has 1 N–H and O–H groups in total. The van der Waals surface area contributed by atoms with Crippen molar-refractivity contribution in [1.82, 2.24) is 5.32 Å². The molecule has 0 aromatic carbocycles. The Hall–Kier alpha value is -1.04. The standard InChI is InChI=1S/C11H18N2O/c1-8-5-3-4-6-10(8)13-11(14)9(2)7-12/h8-10H,3-6H2,1-2H3,(H,13,14). The van der Waals surface area contributed by atoms with Crippen LogP contribution in [0.15, 0.2) is 0 Å². The highest BCUT2D eigenvalue weighted by molar-refractivity contribution is 5.80. The molecule has 1 fully saturated rings. The maximum Gasteiger partial charge on any atom is 0.237 e. The fraction of sp³-hybridized carbons (Fsp3) is 0.818. The van der Waals surface area contributed by atoms with Gasteiger partial charge in [0, 0.05) is 6.04 Å². The van der Waals surface area contributed by atoms with Gasteiger partial charge in [-0.2, -0.15) is 5.26 Å². The first-order chi connectivity index (χ1) is 6.65. The first-order valence-corrected chi connectivity index (χ1v) is 5.35. The summed E-state index contributed by atoms with van der Waals surface area (Å²) in [5.41, 5.74) is 0. The van der Waals surface area contributed by atoms with Gasteiger partial charge >= 0.3 is 0 Å². The van der Waals surface area contributed by atoms with Crippen LogP contribution in [0.3, 0.4) is 0 Å². The third-order valence-corrected chi connectivity index (χ3v) is 3.03. The van der Waals surface area contributed by atoms with Gasteiger partial charge < -0.3 is 5.32 Å². The highest BCUT2D eigenvalue weighted by Gasteiger charge is 2.24. The first-order valence-electron chi connectivity index (χ1n) is 5.35. The molecule has 0 aromatic rings. The maximum atomic E-state index is 11.5. The molecule has 0 radical (unpaired) electrons. The van der Waals surface area contributed by atoms with Crippen LogP contribution in [0.4, 0.5) is 0 Å². The van der Waals surface area contributed by atoms with E-state index in [0.29, 0.717) is 5.92 Å². The van der Waals surface area contributed by atoms with Crippen LogP contribution < -0.4 is 5.32 Å². The second kappa shape index (κ2) is 4.99. The number of amides is 1. The smallest absolute Gasteiger partial charge is 0.237 e. The normalized spacial score (nSPS) is 28.9. The summed E-state index contributed by atoms with van der Waals surface area (Å²) in [4.78, 5) is 11.5. The second-order valence-corrected chi connectivity index (χ2v) is 4.23. The van der Waals surface area contributed by atoms with Crippen molar-refractivity contribution in [1.29, 1.82) is 5.26 Å². The molecule has 1 amide bonds. The van der Waals surface area contributed by atoms with E-state index in [0.717, 1.165) is 6.42 Å². The molecule has 1 aliphatic rings. The Morgan fingerprint density at radius 1 is 1.50 bits per heavy atom. The number of hydrogen-bond acceptors (Lipinski definition) is 2. The van der Waals surface area contributed by atoms with Gasteiger partial charge in [-0.25, -0.2) is 0 Å². The van der Waals surface area contributed by atoms with Gasteiger partial charge in [0.05, 0.1) is 6.07 Å². The van der Waals surface area contributed by atoms with E-state index in [2.05, 4.69) is 12.2 Å². The summed E-state index contributed by atoms with van der Waals surface area (Å²) in [7, 11) is 0. The third-order valence-electron chi connectivity index (χ3n) is 3.03. The van der Waals surface area contributed by atoms with Crippen LogP contribution >= 0.6 is 0 Å². The van der Waals surface area contributed by atoms with Crippen molar-refractivity contribution in [2.75, 3.05) is 0 Å². The zero-order chi connectivity index (χ0) is 10.6. The minimum atomic E-state index is -0.524. The van der Waals surface area contributed by atoms with E-state index in [1.54, 1.807) is 6.92 Å². The van der Waals surface area contributed by atoms with Crippen LogP contribution in [0.2, 0.25) is 0 Å².